The van der Waals surface area contributed by atoms with Crippen LogP contribution in [0.3, 0.4) is 0 Å². The molecule has 1 aromatic carbocycles. The monoisotopic (exact) mass is 471 g/mol. The van der Waals surface area contributed by atoms with Gasteiger partial charge in [0.1, 0.15) is 0 Å². The Balaban J connectivity index is 2.48. The standard InChI is InChI=1S/C12H9Br3ClNS/c1-17-11(9-5-8(14)12(15)18-9)6-3-2-4-7(13)10(6)16/h2-5,11,17H,1H3. The Morgan fingerprint density at radius 2 is 1.94 bits per heavy atom. The van der Waals surface area contributed by atoms with E-state index in [1.165, 1.54) is 4.88 Å². The highest BCUT2D eigenvalue weighted by Gasteiger charge is 2.19. The molecule has 1 nitrogen and oxygen atoms in total. The second-order valence-electron chi connectivity index (χ2n) is 3.64. The summed E-state index contributed by atoms with van der Waals surface area (Å²) in [6.07, 6.45) is 0. The zero-order valence-electron chi connectivity index (χ0n) is 9.31. The fourth-order valence-corrected chi connectivity index (χ4v) is 4.54. The smallest absolute Gasteiger partial charge is 0.0843 e. The van der Waals surface area contributed by atoms with Gasteiger partial charge in [-0.1, -0.05) is 23.7 Å². The highest BCUT2D eigenvalue weighted by Crippen LogP contribution is 2.40. The third-order valence-electron chi connectivity index (χ3n) is 2.53. The van der Waals surface area contributed by atoms with Gasteiger partial charge in [0, 0.05) is 13.8 Å². The molecule has 96 valence electrons. The first kappa shape index (κ1) is 15.0. The molecular formula is C12H9Br3ClNS. The van der Waals surface area contributed by atoms with Gasteiger partial charge in [-0.05, 0) is 72.5 Å². The molecule has 1 atom stereocenters. The molecule has 1 unspecified atom stereocenters. The maximum absolute atomic E-state index is 6.36. The third kappa shape index (κ3) is 3.02. The van der Waals surface area contributed by atoms with Crippen molar-refractivity contribution < 1.29 is 0 Å². The van der Waals surface area contributed by atoms with Gasteiger partial charge in [0.25, 0.3) is 0 Å². The van der Waals surface area contributed by atoms with E-state index in [0.717, 1.165) is 23.3 Å². The predicted octanol–water partition coefficient (Wildman–Crippen LogP) is 6.00. The molecule has 1 heterocycles. The van der Waals surface area contributed by atoms with E-state index >= 15 is 0 Å². The van der Waals surface area contributed by atoms with Crippen LogP contribution in [0.15, 0.2) is 37.0 Å². The zero-order valence-corrected chi connectivity index (χ0v) is 15.6. The van der Waals surface area contributed by atoms with Crippen LogP contribution in [0.5, 0.6) is 0 Å². The Morgan fingerprint density at radius 3 is 2.50 bits per heavy atom. The summed E-state index contributed by atoms with van der Waals surface area (Å²) < 4.78 is 3.06. The van der Waals surface area contributed by atoms with Gasteiger partial charge in [-0.2, -0.15) is 0 Å². The molecule has 0 saturated carbocycles. The molecule has 1 aromatic heterocycles. The second-order valence-corrected chi connectivity index (χ2v) is 8.12. The van der Waals surface area contributed by atoms with Crippen molar-refractivity contribution in [1.29, 1.82) is 0 Å². The summed E-state index contributed by atoms with van der Waals surface area (Å²) in [6.45, 7) is 0. The molecule has 0 spiro atoms. The summed E-state index contributed by atoms with van der Waals surface area (Å²) in [6, 6.07) is 8.16. The van der Waals surface area contributed by atoms with Gasteiger partial charge in [0.05, 0.1) is 14.9 Å². The highest BCUT2D eigenvalue weighted by molar-refractivity contribution is 9.13. The first-order valence-electron chi connectivity index (χ1n) is 5.10. The number of rotatable bonds is 3. The maximum atomic E-state index is 6.36. The number of thiophene rings is 1. The van der Waals surface area contributed by atoms with E-state index in [4.69, 9.17) is 11.6 Å². The van der Waals surface area contributed by atoms with Crippen LogP contribution < -0.4 is 5.32 Å². The van der Waals surface area contributed by atoms with Crippen LogP contribution in [0.1, 0.15) is 16.5 Å². The van der Waals surface area contributed by atoms with Crippen LogP contribution in [0.25, 0.3) is 0 Å². The molecule has 0 fully saturated rings. The van der Waals surface area contributed by atoms with Crippen molar-refractivity contribution in [1.82, 2.24) is 5.32 Å². The summed E-state index contributed by atoms with van der Waals surface area (Å²) >= 11 is 18.5. The third-order valence-corrected chi connectivity index (χ3v) is 7.16. The normalized spacial score (nSPS) is 12.7. The lowest BCUT2D eigenvalue weighted by Crippen LogP contribution is -2.16. The van der Waals surface area contributed by atoms with Crippen molar-refractivity contribution >= 4 is 70.7 Å². The molecule has 1 N–H and O–H groups in total. The van der Waals surface area contributed by atoms with Gasteiger partial charge in [-0.25, -0.2) is 0 Å². The van der Waals surface area contributed by atoms with Crippen LogP contribution in [-0.4, -0.2) is 7.05 Å². The molecule has 2 rings (SSSR count). The van der Waals surface area contributed by atoms with Crippen molar-refractivity contribution in [2.75, 3.05) is 7.05 Å². The lowest BCUT2D eigenvalue weighted by Gasteiger charge is -2.17. The summed E-state index contributed by atoms with van der Waals surface area (Å²) in [5.41, 5.74) is 1.06. The van der Waals surface area contributed by atoms with Gasteiger partial charge in [0.2, 0.25) is 0 Å². The molecule has 0 amide bonds. The van der Waals surface area contributed by atoms with Crippen molar-refractivity contribution in [3.8, 4) is 0 Å². The molecule has 0 aliphatic heterocycles. The Bertz CT molecular complexity index is 551. The van der Waals surface area contributed by atoms with Crippen molar-refractivity contribution in [2.24, 2.45) is 0 Å². The van der Waals surface area contributed by atoms with E-state index in [9.17, 15) is 0 Å². The van der Waals surface area contributed by atoms with Gasteiger partial charge in [-0.15, -0.1) is 11.3 Å². The summed E-state index contributed by atoms with van der Waals surface area (Å²) in [5.74, 6) is 0. The Labute approximate surface area is 140 Å². The first-order valence-corrected chi connectivity index (χ1v) is 8.68. The van der Waals surface area contributed by atoms with Gasteiger partial charge >= 0.3 is 0 Å². The Hall–Kier alpha value is 0.610. The number of nitrogens with one attached hydrogen (secondary N) is 1. The minimum atomic E-state index is 0.0857. The largest absolute Gasteiger partial charge is 0.309 e. The molecule has 2 aromatic rings. The van der Waals surface area contributed by atoms with Crippen LogP contribution in [-0.2, 0) is 0 Å². The fraction of sp³-hybridized carbons (Fsp3) is 0.167. The highest BCUT2D eigenvalue weighted by atomic mass is 79.9. The molecule has 6 heteroatoms. The zero-order chi connectivity index (χ0) is 13.3. The van der Waals surface area contributed by atoms with Crippen molar-refractivity contribution in [3.05, 3.63) is 52.5 Å². The Morgan fingerprint density at radius 1 is 1.22 bits per heavy atom. The topological polar surface area (TPSA) is 12.0 Å². The molecule has 0 bridgehead atoms. The number of halogens is 4. The average molecular weight is 474 g/mol. The van der Waals surface area contributed by atoms with Gasteiger partial charge in [0.15, 0.2) is 0 Å². The average Bonchev–Trinajstić information content (AvgIpc) is 2.66. The quantitative estimate of drug-likeness (QED) is 0.576. The molecule has 18 heavy (non-hydrogen) atoms. The van der Waals surface area contributed by atoms with Gasteiger partial charge < -0.3 is 5.32 Å². The Kier molecular flexibility index (Phi) is 5.31. The summed E-state index contributed by atoms with van der Waals surface area (Å²) in [7, 11) is 1.93. The fourth-order valence-electron chi connectivity index (χ4n) is 1.70. The molecule has 0 aliphatic rings. The van der Waals surface area contributed by atoms with E-state index in [0.29, 0.717) is 0 Å². The van der Waals surface area contributed by atoms with Gasteiger partial charge in [-0.3, -0.25) is 0 Å². The minimum absolute atomic E-state index is 0.0857. The van der Waals surface area contributed by atoms with Crippen LogP contribution in [0.2, 0.25) is 5.02 Å². The molecular weight excluding hydrogens is 465 g/mol. The van der Waals surface area contributed by atoms with E-state index in [-0.39, 0.29) is 6.04 Å². The minimum Gasteiger partial charge on any atom is -0.309 e. The van der Waals surface area contributed by atoms with Crippen molar-refractivity contribution in [2.45, 2.75) is 6.04 Å². The first-order chi connectivity index (χ1) is 8.54. The molecule has 0 radical (unpaired) electrons. The van der Waals surface area contributed by atoms with Crippen molar-refractivity contribution in [3.63, 3.8) is 0 Å². The SMILES string of the molecule is CNC(c1cc(Br)c(Br)s1)c1cccc(Br)c1Cl. The summed E-state index contributed by atoms with van der Waals surface area (Å²) in [4.78, 5) is 1.20. The number of benzene rings is 1. The number of hydrogen-bond acceptors (Lipinski definition) is 2. The number of hydrogen-bond donors (Lipinski definition) is 1. The van der Waals surface area contributed by atoms with E-state index in [1.54, 1.807) is 11.3 Å². The van der Waals surface area contributed by atoms with Crippen LogP contribution >= 0.6 is 70.7 Å². The summed E-state index contributed by atoms with van der Waals surface area (Å²) in [5, 5.41) is 4.05. The lowest BCUT2D eigenvalue weighted by atomic mass is 10.1. The van der Waals surface area contributed by atoms with E-state index in [1.807, 2.05) is 25.2 Å². The van der Waals surface area contributed by atoms with Crippen LogP contribution in [0, 0.1) is 0 Å². The molecule has 0 aliphatic carbocycles. The van der Waals surface area contributed by atoms with E-state index in [2.05, 4.69) is 59.2 Å². The molecule has 0 saturated heterocycles. The second kappa shape index (κ2) is 6.37. The van der Waals surface area contributed by atoms with Crippen LogP contribution in [0.4, 0.5) is 0 Å². The predicted molar refractivity (Wildman–Crippen MR) is 89.8 cm³/mol. The maximum Gasteiger partial charge on any atom is 0.0843 e. The van der Waals surface area contributed by atoms with E-state index < -0.39 is 0 Å². The lowest BCUT2D eigenvalue weighted by molar-refractivity contribution is 0.703.